The largest absolute Gasteiger partial charge is 0.481 e. The first kappa shape index (κ1) is 12.2. The minimum Gasteiger partial charge on any atom is -0.481 e. The summed E-state index contributed by atoms with van der Waals surface area (Å²) in [6, 6.07) is 0. The van der Waals surface area contributed by atoms with E-state index >= 15 is 0 Å². The zero-order chi connectivity index (χ0) is 12.5. The number of carboxylic acid groups (broad SMARTS) is 1. The Kier molecular flexibility index (Phi) is 3.26. The molecule has 1 aromatic rings. The van der Waals surface area contributed by atoms with E-state index in [0.717, 1.165) is 0 Å². The third kappa shape index (κ3) is 1.88. The second kappa shape index (κ2) is 4.30. The van der Waals surface area contributed by atoms with Crippen LogP contribution in [0, 0.1) is 10.1 Å². The molecule has 1 atom stereocenters. The summed E-state index contributed by atoms with van der Waals surface area (Å²) in [6.45, 7) is 3.15. The van der Waals surface area contributed by atoms with Gasteiger partial charge >= 0.3 is 11.7 Å². The zero-order valence-electron chi connectivity index (χ0n) is 9.30. The van der Waals surface area contributed by atoms with Crippen LogP contribution in [0.2, 0.25) is 0 Å². The predicted octanol–water partition coefficient (Wildman–Crippen LogP) is 1.08. The Labute approximate surface area is 91.8 Å². The van der Waals surface area contributed by atoms with Gasteiger partial charge in [0.2, 0.25) is 0 Å². The Balaban J connectivity index is 3.42. The fraction of sp³-hybridized carbons (Fsp3) is 0.556. The van der Waals surface area contributed by atoms with E-state index in [2.05, 4.69) is 5.10 Å². The first-order valence-corrected chi connectivity index (χ1v) is 4.83. The molecule has 0 saturated carbocycles. The number of aryl methyl sites for hydroxylation is 2. The third-order valence-electron chi connectivity index (χ3n) is 2.43. The Bertz CT molecular complexity index is 438. The van der Waals surface area contributed by atoms with Crippen molar-refractivity contribution in [3.8, 4) is 0 Å². The van der Waals surface area contributed by atoms with Gasteiger partial charge in [-0.3, -0.25) is 19.6 Å². The summed E-state index contributed by atoms with van der Waals surface area (Å²) in [4.78, 5) is 21.2. The lowest BCUT2D eigenvalue weighted by molar-refractivity contribution is -0.386. The third-order valence-corrected chi connectivity index (χ3v) is 2.43. The van der Waals surface area contributed by atoms with Crippen LogP contribution in [0.3, 0.4) is 0 Å². The average molecular weight is 227 g/mol. The van der Waals surface area contributed by atoms with Crippen LogP contribution in [0.15, 0.2) is 0 Å². The standard InChI is InChI=1S/C9H13N3O4/c1-4-6-8(12(15)16)7(11(3)10-6)5(2)9(13)14/h5H,4H2,1-3H3,(H,13,14). The summed E-state index contributed by atoms with van der Waals surface area (Å²) in [5.41, 5.74) is 0.268. The van der Waals surface area contributed by atoms with Gasteiger partial charge in [-0.2, -0.15) is 5.10 Å². The summed E-state index contributed by atoms with van der Waals surface area (Å²) in [7, 11) is 1.51. The number of hydrogen-bond acceptors (Lipinski definition) is 4. The fourth-order valence-corrected chi connectivity index (χ4v) is 1.62. The molecule has 0 bridgehead atoms. The molecule has 1 heterocycles. The SMILES string of the molecule is CCc1nn(C)c(C(C)C(=O)O)c1[N+](=O)[O-]. The Morgan fingerprint density at radius 2 is 2.25 bits per heavy atom. The quantitative estimate of drug-likeness (QED) is 0.613. The first-order chi connectivity index (χ1) is 7.40. The number of aliphatic carboxylic acids is 1. The molecule has 0 aliphatic carbocycles. The topological polar surface area (TPSA) is 98.3 Å². The van der Waals surface area contributed by atoms with Crippen molar-refractivity contribution in [1.29, 1.82) is 0 Å². The molecule has 7 heteroatoms. The van der Waals surface area contributed by atoms with E-state index in [0.29, 0.717) is 12.1 Å². The Hall–Kier alpha value is -1.92. The predicted molar refractivity (Wildman–Crippen MR) is 55.3 cm³/mol. The van der Waals surface area contributed by atoms with Crippen LogP contribution in [0.4, 0.5) is 5.69 Å². The van der Waals surface area contributed by atoms with E-state index in [1.54, 1.807) is 6.92 Å². The maximum absolute atomic E-state index is 10.9. The van der Waals surface area contributed by atoms with Crippen molar-refractivity contribution in [3.05, 3.63) is 21.5 Å². The number of nitrogens with zero attached hydrogens (tertiary/aromatic N) is 3. The monoisotopic (exact) mass is 227 g/mol. The molecular weight excluding hydrogens is 214 g/mol. The molecular formula is C9H13N3O4. The first-order valence-electron chi connectivity index (χ1n) is 4.83. The highest BCUT2D eigenvalue weighted by Crippen LogP contribution is 2.29. The summed E-state index contributed by atoms with van der Waals surface area (Å²) in [5.74, 6) is -2.05. The van der Waals surface area contributed by atoms with Crippen LogP contribution in [0.25, 0.3) is 0 Å². The Morgan fingerprint density at radius 3 is 2.62 bits per heavy atom. The van der Waals surface area contributed by atoms with Gasteiger partial charge in [-0.25, -0.2) is 0 Å². The maximum Gasteiger partial charge on any atom is 0.314 e. The molecule has 0 amide bonds. The van der Waals surface area contributed by atoms with Gasteiger partial charge in [0, 0.05) is 7.05 Å². The molecule has 16 heavy (non-hydrogen) atoms. The highest BCUT2D eigenvalue weighted by Gasteiger charge is 2.32. The lowest BCUT2D eigenvalue weighted by atomic mass is 10.1. The van der Waals surface area contributed by atoms with Crippen LogP contribution < -0.4 is 0 Å². The molecule has 88 valence electrons. The minimum atomic E-state index is -1.10. The van der Waals surface area contributed by atoms with Gasteiger partial charge in [0.1, 0.15) is 17.3 Å². The average Bonchev–Trinajstić information content (AvgIpc) is 2.53. The highest BCUT2D eigenvalue weighted by atomic mass is 16.6. The smallest absolute Gasteiger partial charge is 0.314 e. The molecule has 0 fully saturated rings. The highest BCUT2D eigenvalue weighted by molar-refractivity contribution is 5.76. The number of carboxylic acids is 1. The van der Waals surface area contributed by atoms with Gasteiger partial charge in [0.25, 0.3) is 0 Å². The van der Waals surface area contributed by atoms with Crippen molar-refractivity contribution < 1.29 is 14.8 Å². The minimum absolute atomic E-state index is 0.134. The van der Waals surface area contributed by atoms with Gasteiger partial charge < -0.3 is 5.11 Å². The van der Waals surface area contributed by atoms with Crippen LogP contribution in [0.5, 0.6) is 0 Å². The van der Waals surface area contributed by atoms with Gasteiger partial charge in [-0.15, -0.1) is 0 Å². The molecule has 0 aliphatic rings. The van der Waals surface area contributed by atoms with Crippen LogP contribution in [-0.2, 0) is 18.3 Å². The van der Waals surface area contributed by atoms with E-state index in [1.807, 2.05) is 0 Å². The van der Waals surface area contributed by atoms with E-state index in [4.69, 9.17) is 5.11 Å². The molecule has 0 saturated heterocycles. The molecule has 0 aromatic carbocycles. The number of hydrogen-bond donors (Lipinski definition) is 1. The lowest BCUT2D eigenvalue weighted by Gasteiger charge is -2.05. The van der Waals surface area contributed by atoms with Crippen molar-refractivity contribution in [2.24, 2.45) is 7.05 Å². The molecule has 1 unspecified atom stereocenters. The second-order valence-electron chi connectivity index (χ2n) is 3.47. The van der Waals surface area contributed by atoms with E-state index in [9.17, 15) is 14.9 Å². The molecule has 0 radical (unpaired) electrons. The molecule has 1 rings (SSSR count). The van der Waals surface area contributed by atoms with Crippen LogP contribution in [0.1, 0.15) is 31.2 Å². The Morgan fingerprint density at radius 1 is 1.69 bits per heavy atom. The zero-order valence-corrected chi connectivity index (χ0v) is 9.30. The maximum atomic E-state index is 10.9. The van der Waals surface area contributed by atoms with E-state index in [1.165, 1.54) is 18.7 Å². The van der Waals surface area contributed by atoms with E-state index < -0.39 is 16.8 Å². The summed E-state index contributed by atoms with van der Waals surface area (Å²) < 4.78 is 1.27. The molecule has 1 N–H and O–H groups in total. The van der Waals surface area contributed by atoms with Crippen LogP contribution in [-0.4, -0.2) is 25.8 Å². The van der Waals surface area contributed by atoms with E-state index in [-0.39, 0.29) is 11.4 Å². The number of carbonyl (C=O) groups is 1. The molecule has 1 aromatic heterocycles. The van der Waals surface area contributed by atoms with Gasteiger partial charge in [0.05, 0.1) is 4.92 Å². The summed E-state index contributed by atoms with van der Waals surface area (Å²) in [6.07, 6.45) is 0.399. The van der Waals surface area contributed by atoms with Gasteiger partial charge in [0.15, 0.2) is 0 Å². The van der Waals surface area contributed by atoms with Gasteiger partial charge in [-0.05, 0) is 13.3 Å². The van der Waals surface area contributed by atoms with Crippen LogP contribution >= 0.6 is 0 Å². The number of rotatable bonds is 4. The molecule has 0 aliphatic heterocycles. The fourth-order valence-electron chi connectivity index (χ4n) is 1.62. The number of nitro groups is 1. The van der Waals surface area contributed by atoms with Crippen molar-refractivity contribution in [1.82, 2.24) is 9.78 Å². The molecule has 7 nitrogen and oxygen atoms in total. The van der Waals surface area contributed by atoms with Crippen molar-refractivity contribution in [3.63, 3.8) is 0 Å². The van der Waals surface area contributed by atoms with Crippen molar-refractivity contribution >= 4 is 11.7 Å². The number of aromatic nitrogens is 2. The summed E-state index contributed by atoms with van der Waals surface area (Å²) >= 11 is 0. The van der Waals surface area contributed by atoms with Gasteiger partial charge in [-0.1, -0.05) is 6.92 Å². The van der Waals surface area contributed by atoms with Crippen molar-refractivity contribution in [2.75, 3.05) is 0 Å². The second-order valence-corrected chi connectivity index (χ2v) is 3.47. The normalized spacial score (nSPS) is 12.4. The molecule has 0 spiro atoms. The summed E-state index contributed by atoms with van der Waals surface area (Å²) in [5, 5.41) is 23.8. The van der Waals surface area contributed by atoms with Crippen molar-refractivity contribution in [2.45, 2.75) is 26.2 Å². The lowest BCUT2D eigenvalue weighted by Crippen LogP contribution is -2.13.